The molecule has 0 radical (unpaired) electrons. The van der Waals surface area contributed by atoms with E-state index in [1.54, 1.807) is 18.2 Å². The van der Waals surface area contributed by atoms with Crippen LogP contribution in [0.1, 0.15) is 44.1 Å². The lowest BCUT2D eigenvalue weighted by atomic mass is 9.87. The van der Waals surface area contributed by atoms with Gasteiger partial charge in [-0.2, -0.15) is 5.26 Å². The first-order chi connectivity index (χ1) is 9.19. The van der Waals surface area contributed by atoms with Crippen molar-refractivity contribution in [3.05, 3.63) is 28.8 Å². The second-order valence-corrected chi connectivity index (χ2v) is 5.47. The number of nitrogens with one attached hydrogen (secondary N) is 1. The zero-order valence-corrected chi connectivity index (χ0v) is 11.5. The Kier molecular flexibility index (Phi) is 4.81. The number of hydrogen-bond acceptors (Lipinski definition) is 2. The maximum atomic E-state index is 12.0. The Bertz CT molecular complexity index is 501. The van der Waals surface area contributed by atoms with Crippen molar-refractivity contribution in [1.82, 2.24) is 0 Å². The molecule has 1 aromatic rings. The van der Waals surface area contributed by atoms with E-state index in [0.717, 1.165) is 12.8 Å². The smallest absolute Gasteiger partial charge is 0.224 e. The van der Waals surface area contributed by atoms with E-state index in [1.165, 1.54) is 19.3 Å². The van der Waals surface area contributed by atoms with Crippen LogP contribution in [0, 0.1) is 17.2 Å². The minimum absolute atomic E-state index is 0.0103. The molecule has 0 bridgehead atoms. The van der Waals surface area contributed by atoms with E-state index in [1.807, 2.05) is 6.07 Å². The Morgan fingerprint density at radius 2 is 2.11 bits per heavy atom. The van der Waals surface area contributed by atoms with Gasteiger partial charge in [-0.3, -0.25) is 4.79 Å². The first kappa shape index (κ1) is 13.9. The third-order valence-corrected chi connectivity index (χ3v) is 3.90. The van der Waals surface area contributed by atoms with Crippen LogP contribution >= 0.6 is 11.6 Å². The number of hydrogen-bond donors (Lipinski definition) is 1. The summed E-state index contributed by atoms with van der Waals surface area (Å²) < 4.78 is 0. The van der Waals surface area contributed by atoms with Crippen LogP contribution in [-0.2, 0) is 4.79 Å². The Morgan fingerprint density at radius 3 is 2.79 bits per heavy atom. The number of rotatable bonds is 3. The van der Waals surface area contributed by atoms with Gasteiger partial charge in [0.2, 0.25) is 5.91 Å². The highest BCUT2D eigenvalue weighted by atomic mass is 35.5. The zero-order chi connectivity index (χ0) is 13.7. The van der Waals surface area contributed by atoms with Crippen molar-refractivity contribution in [3.63, 3.8) is 0 Å². The lowest BCUT2D eigenvalue weighted by molar-refractivity contribution is -0.117. The van der Waals surface area contributed by atoms with Gasteiger partial charge in [0.25, 0.3) is 0 Å². The number of amides is 1. The molecule has 1 aliphatic carbocycles. The first-order valence-electron chi connectivity index (χ1n) is 6.68. The van der Waals surface area contributed by atoms with Gasteiger partial charge in [-0.15, -0.1) is 0 Å². The summed E-state index contributed by atoms with van der Waals surface area (Å²) in [5.41, 5.74) is 1.03. The van der Waals surface area contributed by atoms with Crippen molar-refractivity contribution in [2.24, 2.45) is 5.92 Å². The summed E-state index contributed by atoms with van der Waals surface area (Å²) >= 11 is 6.02. The third-order valence-electron chi connectivity index (χ3n) is 3.57. The van der Waals surface area contributed by atoms with Gasteiger partial charge in [0.05, 0.1) is 22.3 Å². The van der Waals surface area contributed by atoms with Gasteiger partial charge in [-0.1, -0.05) is 30.9 Å². The monoisotopic (exact) mass is 276 g/mol. The van der Waals surface area contributed by atoms with E-state index in [4.69, 9.17) is 16.9 Å². The molecule has 2 rings (SSSR count). The SMILES string of the molecule is N#Cc1ccc(Cl)c(NC(=O)CC2CCCCC2)c1. The fourth-order valence-corrected chi connectivity index (χ4v) is 2.71. The zero-order valence-electron chi connectivity index (χ0n) is 10.8. The molecule has 0 aromatic heterocycles. The van der Waals surface area contributed by atoms with Crippen molar-refractivity contribution >= 4 is 23.2 Å². The van der Waals surface area contributed by atoms with Crippen molar-refractivity contribution in [2.75, 3.05) is 5.32 Å². The van der Waals surface area contributed by atoms with Gasteiger partial charge in [-0.25, -0.2) is 0 Å². The van der Waals surface area contributed by atoms with E-state index in [2.05, 4.69) is 5.32 Å². The Labute approximate surface area is 118 Å². The van der Waals surface area contributed by atoms with Crippen LogP contribution in [0.2, 0.25) is 5.02 Å². The maximum absolute atomic E-state index is 12.0. The van der Waals surface area contributed by atoms with Crippen molar-refractivity contribution < 1.29 is 4.79 Å². The summed E-state index contributed by atoms with van der Waals surface area (Å²) in [5, 5.41) is 12.1. The number of carbonyl (C=O) groups is 1. The minimum Gasteiger partial charge on any atom is -0.325 e. The number of nitrogens with zero attached hydrogens (tertiary/aromatic N) is 1. The Hall–Kier alpha value is -1.53. The highest BCUT2D eigenvalue weighted by Crippen LogP contribution is 2.28. The number of anilines is 1. The number of nitriles is 1. The average Bonchev–Trinajstić information content (AvgIpc) is 2.42. The molecule has 100 valence electrons. The van der Waals surface area contributed by atoms with E-state index < -0.39 is 0 Å². The van der Waals surface area contributed by atoms with Crippen molar-refractivity contribution in [2.45, 2.75) is 38.5 Å². The van der Waals surface area contributed by atoms with E-state index in [-0.39, 0.29) is 5.91 Å². The van der Waals surface area contributed by atoms with Gasteiger partial charge >= 0.3 is 0 Å². The van der Waals surface area contributed by atoms with Crippen molar-refractivity contribution in [1.29, 1.82) is 5.26 Å². The Morgan fingerprint density at radius 1 is 1.37 bits per heavy atom. The van der Waals surface area contributed by atoms with Crippen LogP contribution in [0.25, 0.3) is 0 Å². The van der Waals surface area contributed by atoms with Crippen LogP contribution < -0.4 is 5.32 Å². The largest absolute Gasteiger partial charge is 0.325 e. The van der Waals surface area contributed by atoms with Gasteiger partial charge in [0, 0.05) is 6.42 Å². The summed E-state index contributed by atoms with van der Waals surface area (Å²) in [4.78, 5) is 12.0. The van der Waals surface area contributed by atoms with Gasteiger partial charge in [0.15, 0.2) is 0 Å². The number of halogens is 1. The molecular formula is C15H17ClN2O. The summed E-state index contributed by atoms with van der Waals surface area (Å²) in [5.74, 6) is 0.482. The van der Waals surface area contributed by atoms with Crippen LogP contribution in [-0.4, -0.2) is 5.91 Å². The topological polar surface area (TPSA) is 52.9 Å². The lowest BCUT2D eigenvalue weighted by Gasteiger charge is -2.21. The van der Waals surface area contributed by atoms with Gasteiger partial charge in [0.1, 0.15) is 0 Å². The fraction of sp³-hybridized carbons (Fsp3) is 0.467. The highest BCUT2D eigenvalue weighted by Gasteiger charge is 2.17. The van der Waals surface area contributed by atoms with E-state index in [9.17, 15) is 4.79 Å². The predicted molar refractivity (Wildman–Crippen MR) is 76.0 cm³/mol. The molecule has 1 aliphatic rings. The minimum atomic E-state index is -0.0103. The fourth-order valence-electron chi connectivity index (χ4n) is 2.55. The molecule has 1 N–H and O–H groups in total. The van der Waals surface area contributed by atoms with E-state index >= 15 is 0 Å². The highest BCUT2D eigenvalue weighted by molar-refractivity contribution is 6.33. The van der Waals surface area contributed by atoms with Crippen LogP contribution in [0.3, 0.4) is 0 Å². The second kappa shape index (κ2) is 6.58. The number of carbonyl (C=O) groups excluding carboxylic acids is 1. The molecule has 3 nitrogen and oxygen atoms in total. The molecule has 0 unspecified atom stereocenters. The molecule has 0 saturated heterocycles. The summed E-state index contributed by atoms with van der Waals surface area (Å²) in [7, 11) is 0. The molecule has 1 saturated carbocycles. The van der Waals surface area contributed by atoms with Crippen LogP contribution in [0.15, 0.2) is 18.2 Å². The quantitative estimate of drug-likeness (QED) is 0.903. The molecule has 4 heteroatoms. The first-order valence-corrected chi connectivity index (χ1v) is 7.06. The normalized spacial score (nSPS) is 15.8. The molecule has 1 aromatic carbocycles. The van der Waals surface area contributed by atoms with Crippen LogP contribution in [0.4, 0.5) is 5.69 Å². The summed E-state index contributed by atoms with van der Waals surface area (Å²) in [6.45, 7) is 0. The average molecular weight is 277 g/mol. The molecular weight excluding hydrogens is 260 g/mol. The maximum Gasteiger partial charge on any atom is 0.224 e. The second-order valence-electron chi connectivity index (χ2n) is 5.06. The molecule has 1 amide bonds. The van der Waals surface area contributed by atoms with E-state index in [0.29, 0.717) is 28.6 Å². The molecule has 0 spiro atoms. The summed E-state index contributed by atoms with van der Waals surface area (Å²) in [6.07, 6.45) is 6.56. The molecule has 19 heavy (non-hydrogen) atoms. The standard InChI is InChI=1S/C15H17ClN2O/c16-13-7-6-12(10-17)8-14(13)18-15(19)9-11-4-2-1-3-5-11/h6-8,11H,1-5,9H2,(H,18,19). The lowest BCUT2D eigenvalue weighted by Crippen LogP contribution is -2.18. The molecule has 0 heterocycles. The van der Waals surface area contributed by atoms with Crippen molar-refractivity contribution in [3.8, 4) is 6.07 Å². The van der Waals surface area contributed by atoms with Gasteiger partial charge < -0.3 is 5.32 Å². The Balaban J connectivity index is 1.96. The predicted octanol–water partition coefficient (Wildman–Crippen LogP) is 4.12. The summed E-state index contributed by atoms with van der Waals surface area (Å²) in [6, 6.07) is 6.92. The molecule has 0 atom stereocenters. The van der Waals surface area contributed by atoms with Gasteiger partial charge in [-0.05, 0) is 37.0 Å². The number of benzene rings is 1. The van der Waals surface area contributed by atoms with Crippen LogP contribution in [0.5, 0.6) is 0 Å². The third kappa shape index (κ3) is 3.97. The molecule has 1 fully saturated rings. The molecule has 0 aliphatic heterocycles.